The van der Waals surface area contributed by atoms with Crippen molar-refractivity contribution in [3.63, 3.8) is 0 Å². The summed E-state index contributed by atoms with van der Waals surface area (Å²) in [5.74, 6) is -0.0903. The van der Waals surface area contributed by atoms with Crippen molar-refractivity contribution in [1.82, 2.24) is 10.2 Å². The van der Waals surface area contributed by atoms with Gasteiger partial charge in [-0.1, -0.05) is 42.5 Å². The summed E-state index contributed by atoms with van der Waals surface area (Å²) >= 11 is 0. The van der Waals surface area contributed by atoms with Crippen molar-refractivity contribution in [1.29, 1.82) is 0 Å². The van der Waals surface area contributed by atoms with Gasteiger partial charge in [0.15, 0.2) is 0 Å². The average molecular weight is 306 g/mol. The topological polar surface area (TPSA) is 32.3 Å². The van der Waals surface area contributed by atoms with Gasteiger partial charge in [-0.25, -0.2) is 0 Å². The number of nitrogens with one attached hydrogen (secondary N) is 1. The summed E-state index contributed by atoms with van der Waals surface area (Å²) in [6, 6.07) is 17.7. The molecule has 2 aromatic rings. The lowest BCUT2D eigenvalue weighted by atomic mass is 10.1. The Morgan fingerprint density at radius 1 is 1.00 bits per heavy atom. The number of likely N-dealkylation sites (tertiary alicyclic amines) is 1. The highest BCUT2D eigenvalue weighted by Gasteiger charge is 2.11. The molecule has 3 rings (SSSR count). The van der Waals surface area contributed by atoms with Gasteiger partial charge in [0.25, 0.3) is 5.91 Å². The molecule has 0 saturated carbocycles. The van der Waals surface area contributed by atoms with Crippen LogP contribution in [0, 0.1) is 0 Å². The Bertz CT molecular complexity index is 656. The normalized spacial score (nSPS) is 15.1. The van der Waals surface area contributed by atoms with E-state index in [-0.39, 0.29) is 5.91 Å². The number of carbonyl (C=O) groups is 1. The maximum Gasteiger partial charge on any atom is 0.255 e. The quantitative estimate of drug-likeness (QED) is 0.914. The third kappa shape index (κ3) is 4.54. The van der Waals surface area contributed by atoms with E-state index in [0.717, 1.165) is 12.1 Å². The second-order valence-corrected chi connectivity index (χ2v) is 5.90. The van der Waals surface area contributed by atoms with Gasteiger partial charge < -0.3 is 5.32 Å². The maximum atomic E-state index is 11.9. The standard InChI is InChI=1S/C20H22N2O/c23-20(19-6-2-1-3-7-19)21-13-12-17-8-10-18(11-9-17)16-22-14-4-5-15-22/h1-3,6-13H,4-5,14-16H2,(H,21,23)/b13-12+. The minimum Gasteiger partial charge on any atom is -0.329 e. The molecule has 3 nitrogen and oxygen atoms in total. The zero-order valence-corrected chi connectivity index (χ0v) is 13.2. The summed E-state index contributed by atoms with van der Waals surface area (Å²) in [7, 11) is 0. The van der Waals surface area contributed by atoms with Gasteiger partial charge in [-0.15, -0.1) is 0 Å². The second kappa shape index (κ2) is 7.75. The molecule has 3 heteroatoms. The molecule has 1 fully saturated rings. The van der Waals surface area contributed by atoms with Crippen LogP contribution in [0.3, 0.4) is 0 Å². The van der Waals surface area contributed by atoms with Crippen LogP contribution in [-0.4, -0.2) is 23.9 Å². The van der Waals surface area contributed by atoms with E-state index in [9.17, 15) is 4.79 Å². The first-order chi connectivity index (χ1) is 11.3. The Morgan fingerprint density at radius 2 is 1.70 bits per heavy atom. The van der Waals surface area contributed by atoms with Gasteiger partial charge in [0.2, 0.25) is 0 Å². The first kappa shape index (κ1) is 15.5. The fourth-order valence-electron chi connectivity index (χ4n) is 2.82. The predicted octanol–water partition coefficient (Wildman–Crippen LogP) is 3.68. The van der Waals surface area contributed by atoms with E-state index in [4.69, 9.17) is 0 Å². The monoisotopic (exact) mass is 306 g/mol. The zero-order valence-electron chi connectivity index (χ0n) is 13.2. The highest BCUT2D eigenvalue weighted by atomic mass is 16.1. The highest BCUT2D eigenvalue weighted by molar-refractivity contribution is 5.95. The van der Waals surface area contributed by atoms with Gasteiger partial charge in [0.05, 0.1) is 0 Å². The van der Waals surface area contributed by atoms with E-state index in [1.807, 2.05) is 24.3 Å². The summed E-state index contributed by atoms with van der Waals surface area (Å²) < 4.78 is 0. The number of carbonyl (C=O) groups excluding carboxylic acids is 1. The number of nitrogens with zero attached hydrogens (tertiary/aromatic N) is 1. The molecule has 0 bridgehead atoms. The minimum atomic E-state index is -0.0903. The summed E-state index contributed by atoms with van der Waals surface area (Å²) in [4.78, 5) is 14.4. The molecular weight excluding hydrogens is 284 g/mol. The van der Waals surface area contributed by atoms with Gasteiger partial charge in [0, 0.05) is 18.3 Å². The smallest absolute Gasteiger partial charge is 0.255 e. The molecule has 2 aromatic carbocycles. The largest absolute Gasteiger partial charge is 0.329 e. The SMILES string of the molecule is O=C(N/C=C/c1ccc(CN2CCCC2)cc1)c1ccccc1. The molecule has 0 spiro atoms. The molecular formula is C20H22N2O. The molecule has 0 atom stereocenters. The van der Waals surface area contributed by atoms with Gasteiger partial charge in [0.1, 0.15) is 0 Å². The van der Waals surface area contributed by atoms with Crippen molar-refractivity contribution in [3.8, 4) is 0 Å². The van der Waals surface area contributed by atoms with E-state index in [0.29, 0.717) is 5.56 Å². The Labute approximate surface area is 137 Å². The zero-order chi connectivity index (χ0) is 15.9. The molecule has 23 heavy (non-hydrogen) atoms. The summed E-state index contributed by atoms with van der Waals surface area (Å²) in [5, 5.41) is 2.79. The molecule has 1 heterocycles. The van der Waals surface area contributed by atoms with Crippen LogP contribution in [0.2, 0.25) is 0 Å². The van der Waals surface area contributed by atoms with E-state index in [1.165, 1.54) is 31.5 Å². The van der Waals surface area contributed by atoms with E-state index in [2.05, 4.69) is 34.5 Å². The van der Waals surface area contributed by atoms with Crippen molar-refractivity contribution in [2.75, 3.05) is 13.1 Å². The Hall–Kier alpha value is -2.39. The number of benzene rings is 2. The van der Waals surface area contributed by atoms with Gasteiger partial charge >= 0.3 is 0 Å². The minimum absolute atomic E-state index is 0.0903. The van der Waals surface area contributed by atoms with Crippen molar-refractivity contribution in [3.05, 3.63) is 77.5 Å². The first-order valence-electron chi connectivity index (χ1n) is 8.15. The highest BCUT2D eigenvalue weighted by Crippen LogP contribution is 2.13. The van der Waals surface area contributed by atoms with Crippen molar-refractivity contribution in [2.24, 2.45) is 0 Å². The lowest BCUT2D eigenvalue weighted by Gasteiger charge is -2.14. The van der Waals surface area contributed by atoms with Crippen LogP contribution in [-0.2, 0) is 6.54 Å². The third-order valence-corrected chi connectivity index (χ3v) is 4.11. The molecule has 1 saturated heterocycles. The first-order valence-corrected chi connectivity index (χ1v) is 8.15. The average Bonchev–Trinajstić information content (AvgIpc) is 3.10. The molecule has 1 N–H and O–H groups in total. The molecule has 118 valence electrons. The molecule has 1 aliphatic rings. The van der Waals surface area contributed by atoms with Crippen molar-refractivity contribution in [2.45, 2.75) is 19.4 Å². The summed E-state index contributed by atoms with van der Waals surface area (Å²) in [6.07, 6.45) is 6.26. The Morgan fingerprint density at radius 3 is 2.39 bits per heavy atom. The lowest BCUT2D eigenvalue weighted by Crippen LogP contribution is -2.18. The maximum absolute atomic E-state index is 11.9. The summed E-state index contributed by atoms with van der Waals surface area (Å²) in [5.41, 5.74) is 3.10. The van der Waals surface area contributed by atoms with E-state index in [1.54, 1.807) is 18.3 Å². The summed E-state index contributed by atoms with van der Waals surface area (Å²) in [6.45, 7) is 3.47. The van der Waals surface area contributed by atoms with Crippen molar-refractivity contribution < 1.29 is 4.79 Å². The molecule has 0 unspecified atom stereocenters. The van der Waals surface area contributed by atoms with Gasteiger partial charge in [-0.05, 0) is 55.3 Å². The molecule has 1 aliphatic heterocycles. The Kier molecular flexibility index (Phi) is 5.22. The molecule has 0 aliphatic carbocycles. The van der Waals surface area contributed by atoms with E-state index >= 15 is 0 Å². The molecule has 0 radical (unpaired) electrons. The number of rotatable bonds is 5. The van der Waals surface area contributed by atoms with Crippen LogP contribution in [0.1, 0.15) is 34.3 Å². The number of hydrogen-bond acceptors (Lipinski definition) is 2. The van der Waals surface area contributed by atoms with Crippen molar-refractivity contribution >= 4 is 12.0 Å². The second-order valence-electron chi connectivity index (χ2n) is 5.90. The Balaban J connectivity index is 1.52. The van der Waals surface area contributed by atoms with Crippen LogP contribution in [0.15, 0.2) is 60.8 Å². The van der Waals surface area contributed by atoms with Crippen LogP contribution in [0.5, 0.6) is 0 Å². The van der Waals surface area contributed by atoms with Crippen LogP contribution >= 0.6 is 0 Å². The van der Waals surface area contributed by atoms with Gasteiger partial charge in [-0.2, -0.15) is 0 Å². The predicted molar refractivity (Wildman–Crippen MR) is 93.9 cm³/mol. The number of hydrogen-bond donors (Lipinski definition) is 1. The number of amides is 1. The van der Waals surface area contributed by atoms with Crippen LogP contribution in [0.4, 0.5) is 0 Å². The third-order valence-electron chi connectivity index (χ3n) is 4.11. The van der Waals surface area contributed by atoms with Gasteiger partial charge in [-0.3, -0.25) is 9.69 Å². The van der Waals surface area contributed by atoms with Crippen LogP contribution in [0.25, 0.3) is 6.08 Å². The fraction of sp³-hybridized carbons (Fsp3) is 0.250. The fourth-order valence-corrected chi connectivity index (χ4v) is 2.82. The van der Waals surface area contributed by atoms with E-state index < -0.39 is 0 Å². The van der Waals surface area contributed by atoms with Crippen LogP contribution < -0.4 is 5.32 Å². The molecule has 1 amide bonds. The lowest BCUT2D eigenvalue weighted by molar-refractivity contribution is 0.0970. The molecule has 0 aromatic heterocycles.